The average molecular weight is 182 g/mol. The first kappa shape index (κ1) is 9.47. The molecule has 2 N–H and O–H groups in total. The molecule has 1 aliphatic heterocycles. The summed E-state index contributed by atoms with van der Waals surface area (Å²) in [7, 11) is 0. The van der Waals surface area contributed by atoms with E-state index < -0.39 is 0 Å². The lowest BCUT2D eigenvalue weighted by Crippen LogP contribution is -2.53. The Kier molecular flexibility index (Phi) is 2.37. The zero-order chi connectivity index (χ0) is 9.47. The molecular formula is C11H22N2. The minimum Gasteiger partial charge on any atom is -0.269 e. The van der Waals surface area contributed by atoms with Crippen molar-refractivity contribution in [3.05, 3.63) is 0 Å². The highest BCUT2D eigenvalue weighted by atomic mass is 15.4. The highest BCUT2D eigenvalue weighted by molar-refractivity contribution is 4.97. The van der Waals surface area contributed by atoms with E-state index >= 15 is 0 Å². The monoisotopic (exact) mass is 182 g/mol. The summed E-state index contributed by atoms with van der Waals surface area (Å²) >= 11 is 0. The van der Waals surface area contributed by atoms with E-state index in [0.717, 1.165) is 24.9 Å². The van der Waals surface area contributed by atoms with Crippen LogP contribution in [0.2, 0.25) is 0 Å². The third-order valence-corrected chi connectivity index (χ3v) is 4.02. The maximum atomic E-state index is 5.87. The van der Waals surface area contributed by atoms with E-state index in [4.69, 9.17) is 5.84 Å². The first-order valence-corrected chi connectivity index (χ1v) is 5.61. The Morgan fingerprint density at radius 3 is 2.62 bits per heavy atom. The summed E-state index contributed by atoms with van der Waals surface area (Å²) in [5, 5.41) is 2.03. The second-order valence-corrected chi connectivity index (χ2v) is 5.49. The number of rotatable bonds is 1. The van der Waals surface area contributed by atoms with Crippen LogP contribution in [-0.2, 0) is 0 Å². The third kappa shape index (κ3) is 1.75. The van der Waals surface area contributed by atoms with Crippen molar-refractivity contribution in [3.8, 4) is 0 Å². The molecule has 2 aliphatic rings. The van der Waals surface area contributed by atoms with Crippen LogP contribution in [0, 0.1) is 17.3 Å². The zero-order valence-electron chi connectivity index (χ0n) is 8.92. The van der Waals surface area contributed by atoms with Crippen molar-refractivity contribution in [1.29, 1.82) is 0 Å². The van der Waals surface area contributed by atoms with Crippen LogP contribution in [0.1, 0.15) is 39.5 Å². The van der Waals surface area contributed by atoms with Gasteiger partial charge in [0.1, 0.15) is 0 Å². The standard InChI is InChI=1S/C11H22N2/c1-9(2)10-6-11(7-10)4-3-5-13(12)8-11/h9-10H,3-8,12H2,1-2H3. The summed E-state index contributed by atoms with van der Waals surface area (Å²) in [6, 6.07) is 0. The van der Waals surface area contributed by atoms with Crippen molar-refractivity contribution < 1.29 is 0 Å². The minimum atomic E-state index is 0.627. The van der Waals surface area contributed by atoms with Gasteiger partial charge in [0.2, 0.25) is 0 Å². The molecule has 0 aromatic carbocycles. The highest BCUT2D eigenvalue weighted by Gasteiger charge is 2.46. The zero-order valence-corrected chi connectivity index (χ0v) is 8.92. The average Bonchev–Trinajstić information content (AvgIpc) is 1.99. The molecule has 0 atom stereocenters. The van der Waals surface area contributed by atoms with Crippen LogP contribution >= 0.6 is 0 Å². The maximum Gasteiger partial charge on any atom is 0.0185 e. The van der Waals surface area contributed by atoms with Gasteiger partial charge < -0.3 is 0 Å². The summed E-state index contributed by atoms with van der Waals surface area (Å²) < 4.78 is 0. The van der Waals surface area contributed by atoms with Crippen LogP contribution < -0.4 is 5.84 Å². The molecule has 1 saturated heterocycles. The largest absolute Gasteiger partial charge is 0.269 e. The molecule has 76 valence electrons. The van der Waals surface area contributed by atoms with E-state index in [-0.39, 0.29) is 0 Å². The fraction of sp³-hybridized carbons (Fsp3) is 1.00. The molecule has 1 saturated carbocycles. The number of piperidine rings is 1. The van der Waals surface area contributed by atoms with Gasteiger partial charge in [0, 0.05) is 13.1 Å². The van der Waals surface area contributed by atoms with Crippen LogP contribution in [0.15, 0.2) is 0 Å². The molecule has 0 bridgehead atoms. The van der Waals surface area contributed by atoms with E-state index in [0.29, 0.717) is 5.41 Å². The van der Waals surface area contributed by atoms with Gasteiger partial charge in [-0.15, -0.1) is 0 Å². The molecular weight excluding hydrogens is 160 g/mol. The molecule has 2 rings (SSSR count). The Morgan fingerprint density at radius 1 is 1.38 bits per heavy atom. The van der Waals surface area contributed by atoms with Crippen LogP contribution in [-0.4, -0.2) is 18.1 Å². The molecule has 2 heteroatoms. The first-order valence-electron chi connectivity index (χ1n) is 5.61. The maximum absolute atomic E-state index is 5.87. The number of hydrazine groups is 1. The predicted molar refractivity (Wildman–Crippen MR) is 55.0 cm³/mol. The Labute approximate surface area is 81.4 Å². The van der Waals surface area contributed by atoms with Crippen molar-refractivity contribution in [1.82, 2.24) is 5.01 Å². The quantitative estimate of drug-likeness (QED) is 0.629. The van der Waals surface area contributed by atoms with E-state index in [9.17, 15) is 0 Å². The summed E-state index contributed by atoms with van der Waals surface area (Å²) in [6.45, 7) is 6.95. The molecule has 2 nitrogen and oxygen atoms in total. The second kappa shape index (κ2) is 3.25. The van der Waals surface area contributed by atoms with Crippen molar-refractivity contribution in [2.45, 2.75) is 39.5 Å². The van der Waals surface area contributed by atoms with E-state index in [1.807, 2.05) is 5.01 Å². The van der Waals surface area contributed by atoms with Crippen molar-refractivity contribution in [2.75, 3.05) is 13.1 Å². The predicted octanol–water partition coefficient (Wildman–Crippen LogP) is 2.01. The molecule has 1 spiro atoms. The third-order valence-electron chi connectivity index (χ3n) is 4.02. The van der Waals surface area contributed by atoms with E-state index in [2.05, 4.69) is 13.8 Å². The lowest BCUT2D eigenvalue weighted by atomic mass is 9.56. The summed E-state index contributed by atoms with van der Waals surface area (Å²) in [6.07, 6.45) is 5.59. The Hall–Kier alpha value is -0.0800. The van der Waals surface area contributed by atoms with Gasteiger partial charge in [0.15, 0.2) is 0 Å². The fourth-order valence-corrected chi connectivity index (χ4v) is 3.10. The molecule has 13 heavy (non-hydrogen) atoms. The van der Waals surface area contributed by atoms with Crippen LogP contribution in [0.4, 0.5) is 0 Å². The number of nitrogens with zero attached hydrogens (tertiary/aromatic N) is 1. The molecule has 0 unspecified atom stereocenters. The topological polar surface area (TPSA) is 29.3 Å². The van der Waals surface area contributed by atoms with Gasteiger partial charge in [-0.3, -0.25) is 5.84 Å². The lowest BCUT2D eigenvalue weighted by molar-refractivity contribution is -0.0401. The van der Waals surface area contributed by atoms with Crippen LogP contribution in [0.5, 0.6) is 0 Å². The minimum absolute atomic E-state index is 0.627. The van der Waals surface area contributed by atoms with Gasteiger partial charge in [-0.05, 0) is 42.9 Å². The number of nitrogens with two attached hydrogens (primary N) is 1. The summed E-state index contributed by atoms with van der Waals surface area (Å²) in [4.78, 5) is 0. The SMILES string of the molecule is CC(C)C1CC2(CCCN(N)C2)C1. The van der Waals surface area contributed by atoms with E-state index in [1.54, 1.807) is 0 Å². The van der Waals surface area contributed by atoms with Gasteiger partial charge in [-0.2, -0.15) is 0 Å². The first-order chi connectivity index (χ1) is 6.11. The summed E-state index contributed by atoms with van der Waals surface area (Å²) in [5.74, 6) is 7.73. The Morgan fingerprint density at radius 2 is 2.08 bits per heavy atom. The lowest BCUT2D eigenvalue weighted by Gasteiger charge is -2.53. The molecule has 0 aromatic heterocycles. The number of hydrogen-bond donors (Lipinski definition) is 1. The summed E-state index contributed by atoms with van der Waals surface area (Å²) in [5.41, 5.74) is 0.627. The fourth-order valence-electron chi connectivity index (χ4n) is 3.10. The van der Waals surface area contributed by atoms with Crippen molar-refractivity contribution >= 4 is 0 Å². The van der Waals surface area contributed by atoms with Gasteiger partial charge in [-0.1, -0.05) is 13.8 Å². The molecule has 0 amide bonds. The number of hydrogen-bond acceptors (Lipinski definition) is 2. The Balaban J connectivity index is 1.88. The van der Waals surface area contributed by atoms with Crippen LogP contribution in [0.25, 0.3) is 0 Å². The van der Waals surface area contributed by atoms with Crippen molar-refractivity contribution in [3.63, 3.8) is 0 Å². The molecule has 0 aromatic rings. The Bertz CT molecular complexity index is 183. The van der Waals surface area contributed by atoms with Gasteiger partial charge >= 0.3 is 0 Å². The molecule has 1 heterocycles. The van der Waals surface area contributed by atoms with Gasteiger partial charge in [0.05, 0.1) is 0 Å². The van der Waals surface area contributed by atoms with Crippen molar-refractivity contribution in [2.24, 2.45) is 23.1 Å². The molecule has 1 aliphatic carbocycles. The van der Waals surface area contributed by atoms with Crippen LogP contribution in [0.3, 0.4) is 0 Å². The molecule has 0 radical (unpaired) electrons. The highest BCUT2D eigenvalue weighted by Crippen LogP contribution is 2.53. The van der Waals surface area contributed by atoms with Gasteiger partial charge in [0.25, 0.3) is 0 Å². The molecule has 2 fully saturated rings. The normalized spacial score (nSPS) is 41.1. The smallest absolute Gasteiger partial charge is 0.0185 e. The van der Waals surface area contributed by atoms with E-state index in [1.165, 1.54) is 25.7 Å². The van der Waals surface area contributed by atoms with Gasteiger partial charge in [-0.25, -0.2) is 5.01 Å². The second-order valence-electron chi connectivity index (χ2n) is 5.49.